The molecular formula is C16H15N3O3S. The molecule has 0 saturated carbocycles. The van der Waals surface area contributed by atoms with Gasteiger partial charge in [-0.05, 0) is 31.2 Å². The van der Waals surface area contributed by atoms with Crippen LogP contribution in [0.3, 0.4) is 0 Å². The van der Waals surface area contributed by atoms with Gasteiger partial charge in [-0.3, -0.25) is 19.0 Å². The fourth-order valence-electron chi connectivity index (χ4n) is 2.45. The molecule has 0 spiro atoms. The molecule has 0 fully saturated rings. The highest BCUT2D eigenvalue weighted by molar-refractivity contribution is 7.99. The third-order valence-electron chi connectivity index (χ3n) is 3.61. The molecule has 1 N–H and O–H groups in total. The Bertz CT molecular complexity index is 814. The molecule has 1 amide bonds. The quantitative estimate of drug-likeness (QED) is 0.686. The van der Waals surface area contributed by atoms with Crippen LogP contribution in [0.1, 0.15) is 29.7 Å². The van der Waals surface area contributed by atoms with Crippen molar-refractivity contribution in [2.24, 2.45) is 0 Å². The maximum Gasteiger partial charge on any atom is 0.254 e. The Kier molecular flexibility index (Phi) is 4.29. The number of nitrogens with zero attached hydrogens (tertiary/aromatic N) is 2. The van der Waals surface area contributed by atoms with Crippen molar-refractivity contribution in [2.75, 3.05) is 11.1 Å². The standard InChI is InChI=1S/C16H15N3O3S/c1-10(20)11-2-4-12(5-3-11)18-14(21)8-13-9-23-16-17-7-6-15(22)19(13)16/h2-7,13H,8-9H2,1H3,(H,18,21)/t13-/m0/s1. The number of rotatable bonds is 4. The molecule has 118 valence electrons. The van der Waals surface area contributed by atoms with E-state index in [1.54, 1.807) is 28.8 Å². The van der Waals surface area contributed by atoms with Gasteiger partial charge in [-0.1, -0.05) is 11.8 Å². The van der Waals surface area contributed by atoms with Crippen LogP contribution in [0, 0.1) is 0 Å². The Labute approximate surface area is 136 Å². The Hall–Kier alpha value is -2.41. The van der Waals surface area contributed by atoms with Crippen LogP contribution in [0.4, 0.5) is 5.69 Å². The van der Waals surface area contributed by atoms with E-state index in [9.17, 15) is 14.4 Å². The summed E-state index contributed by atoms with van der Waals surface area (Å²) in [7, 11) is 0. The summed E-state index contributed by atoms with van der Waals surface area (Å²) < 4.78 is 1.57. The third kappa shape index (κ3) is 3.34. The van der Waals surface area contributed by atoms with E-state index in [0.717, 1.165) is 0 Å². The zero-order valence-corrected chi connectivity index (χ0v) is 13.3. The molecule has 0 unspecified atom stereocenters. The van der Waals surface area contributed by atoms with Crippen molar-refractivity contribution in [3.05, 3.63) is 52.4 Å². The first kappa shape index (κ1) is 15.5. The van der Waals surface area contributed by atoms with Crippen LogP contribution in [-0.4, -0.2) is 27.0 Å². The van der Waals surface area contributed by atoms with Crippen LogP contribution < -0.4 is 10.9 Å². The smallest absolute Gasteiger partial charge is 0.254 e. The Balaban J connectivity index is 1.67. The minimum atomic E-state index is -0.187. The maximum atomic E-state index is 12.2. The second-order valence-electron chi connectivity index (χ2n) is 5.29. The number of nitrogens with one attached hydrogen (secondary N) is 1. The number of fused-ring (bicyclic) bond motifs is 1. The highest BCUT2D eigenvalue weighted by Crippen LogP contribution is 2.31. The van der Waals surface area contributed by atoms with Crippen molar-refractivity contribution in [3.63, 3.8) is 0 Å². The van der Waals surface area contributed by atoms with Gasteiger partial charge in [0.25, 0.3) is 5.56 Å². The molecule has 0 radical (unpaired) electrons. The predicted molar refractivity (Wildman–Crippen MR) is 88.0 cm³/mol. The number of carbonyl (C=O) groups is 2. The number of aromatic nitrogens is 2. The van der Waals surface area contributed by atoms with Gasteiger partial charge in [0.05, 0.1) is 6.04 Å². The summed E-state index contributed by atoms with van der Waals surface area (Å²) in [6.45, 7) is 1.49. The van der Waals surface area contributed by atoms with E-state index < -0.39 is 0 Å². The van der Waals surface area contributed by atoms with Crippen LogP contribution in [0.5, 0.6) is 0 Å². The molecule has 2 aromatic rings. The third-order valence-corrected chi connectivity index (χ3v) is 4.72. The first-order chi connectivity index (χ1) is 11.0. The van der Waals surface area contributed by atoms with Gasteiger partial charge in [0, 0.05) is 35.7 Å². The van der Waals surface area contributed by atoms with Crippen molar-refractivity contribution in [2.45, 2.75) is 24.5 Å². The first-order valence-electron chi connectivity index (χ1n) is 7.16. The molecule has 7 heteroatoms. The van der Waals surface area contributed by atoms with Crippen molar-refractivity contribution in [1.29, 1.82) is 0 Å². The zero-order chi connectivity index (χ0) is 16.4. The molecule has 6 nitrogen and oxygen atoms in total. The van der Waals surface area contributed by atoms with E-state index in [4.69, 9.17) is 0 Å². The lowest BCUT2D eigenvalue weighted by molar-refractivity contribution is -0.116. The van der Waals surface area contributed by atoms with E-state index in [-0.39, 0.29) is 29.7 Å². The average Bonchev–Trinajstić information content (AvgIpc) is 2.92. The monoisotopic (exact) mass is 329 g/mol. The second kappa shape index (κ2) is 6.37. The largest absolute Gasteiger partial charge is 0.326 e. The molecule has 2 heterocycles. The number of benzene rings is 1. The molecular weight excluding hydrogens is 314 g/mol. The SMILES string of the molecule is CC(=O)c1ccc(NC(=O)C[C@H]2CSc3nccc(=O)n32)cc1. The minimum absolute atomic E-state index is 0.0191. The summed E-state index contributed by atoms with van der Waals surface area (Å²) in [6, 6.07) is 7.95. The Morgan fingerprint density at radius 3 is 2.74 bits per heavy atom. The summed E-state index contributed by atoms with van der Waals surface area (Å²) in [5, 5.41) is 3.44. The van der Waals surface area contributed by atoms with Crippen LogP contribution in [0.15, 0.2) is 46.5 Å². The van der Waals surface area contributed by atoms with Crippen LogP contribution in [0.2, 0.25) is 0 Å². The molecule has 0 bridgehead atoms. The molecule has 1 aliphatic rings. The lowest BCUT2D eigenvalue weighted by Gasteiger charge is -2.13. The molecule has 0 saturated heterocycles. The number of anilines is 1. The molecule has 0 aliphatic carbocycles. The predicted octanol–water partition coefficient (Wildman–Crippen LogP) is 2.12. The van der Waals surface area contributed by atoms with Gasteiger partial charge in [-0.2, -0.15) is 0 Å². The van der Waals surface area contributed by atoms with Crippen molar-refractivity contribution in [3.8, 4) is 0 Å². The highest BCUT2D eigenvalue weighted by Gasteiger charge is 2.26. The van der Waals surface area contributed by atoms with E-state index in [2.05, 4.69) is 10.3 Å². The highest BCUT2D eigenvalue weighted by atomic mass is 32.2. The van der Waals surface area contributed by atoms with E-state index in [1.807, 2.05) is 0 Å². The molecule has 1 aromatic heterocycles. The lowest BCUT2D eigenvalue weighted by atomic mass is 10.1. The van der Waals surface area contributed by atoms with Gasteiger partial charge in [-0.25, -0.2) is 4.98 Å². The average molecular weight is 329 g/mol. The van der Waals surface area contributed by atoms with Crippen molar-refractivity contribution >= 4 is 29.1 Å². The van der Waals surface area contributed by atoms with E-state index >= 15 is 0 Å². The lowest BCUT2D eigenvalue weighted by Crippen LogP contribution is -2.26. The topological polar surface area (TPSA) is 81.1 Å². The number of hydrogen-bond donors (Lipinski definition) is 1. The Morgan fingerprint density at radius 1 is 1.30 bits per heavy atom. The van der Waals surface area contributed by atoms with E-state index in [0.29, 0.717) is 22.2 Å². The van der Waals surface area contributed by atoms with Gasteiger partial charge in [0.15, 0.2) is 10.9 Å². The number of ketones is 1. The summed E-state index contributed by atoms with van der Waals surface area (Å²) in [5.41, 5.74) is 1.09. The van der Waals surface area contributed by atoms with Crippen LogP contribution >= 0.6 is 11.8 Å². The van der Waals surface area contributed by atoms with E-state index in [1.165, 1.54) is 30.9 Å². The van der Waals surface area contributed by atoms with Crippen molar-refractivity contribution < 1.29 is 9.59 Å². The fraction of sp³-hybridized carbons (Fsp3) is 0.250. The number of carbonyl (C=O) groups excluding carboxylic acids is 2. The summed E-state index contributed by atoms with van der Waals surface area (Å²) >= 11 is 1.48. The number of amides is 1. The second-order valence-corrected chi connectivity index (χ2v) is 6.27. The number of thioether (sulfide) groups is 1. The van der Waals surface area contributed by atoms with Gasteiger partial charge in [-0.15, -0.1) is 0 Å². The van der Waals surface area contributed by atoms with Gasteiger partial charge in [0.2, 0.25) is 5.91 Å². The fourth-order valence-corrected chi connectivity index (χ4v) is 3.58. The molecule has 1 aliphatic heterocycles. The summed E-state index contributed by atoms with van der Waals surface area (Å²) in [5.74, 6) is 0.465. The molecule has 3 rings (SSSR count). The Morgan fingerprint density at radius 2 is 2.04 bits per heavy atom. The normalized spacial score (nSPS) is 16.0. The van der Waals surface area contributed by atoms with Gasteiger partial charge in [0.1, 0.15) is 0 Å². The zero-order valence-electron chi connectivity index (χ0n) is 12.5. The summed E-state index contributed by atoms with van der Waals surface area (Å²) in [6.07, 6.45) is 1.69. The minimum Gasteiger partial charge on any atom is -0.326 e. The van der Waals surface area contributed by atoms with Gasteiger partial charge >= 0.3 is 0 Å². The summed E-state index contributed by atoms with van der Waals surface area (Å²) in [4.78, 5) is 39.5. The molecule has 1 atom stereocenters. The molecule has 1 aromatic carbocycles. The van der Waals surface area contributed by atoms with Crippen molar-refractivity contribution in [1.82, 2.24) is 9.55 Å². The van der Waals surface area contributed by atoms with Gasteiger partial charge < -0.3 is 5.32 Å². The first-order valence-corrected chi connectivity index (χ1v) is 8.14. The maximum absolute atomic E-state index is 12.2. The number of hydrogen-bond acceptors (Lipinski definition) is 5. The van der Waals surface area contributed by atoms with Crippen LogP contribution in [-0.2, 0) is 4.79 Å². The molecule has 23 heavy (non-hydrogen) atoms. The van der Waals surface area contributed by atoms with Crippen LogP contribution in [0.25, 0.3) is 0 Å². The number of Topliss-reactive ketones (excluding diaryl/α,β-unsaturated/α-hetero) is 1.